The molecule has 3 heteroatoms. The topological polar surface area (TPSA) is 0 Å². The minimum atomic E-state index is 0.352. The zero-order valence-electron chi connectivity index (χ0n) is 7.43. The smallest absolute Gasteiger partial charge is 0.0529 e. The van der Waals surface area contributed by atoms with Crippen LogP contribution in [0.1, 0.15) is 37.4 Å². The van der Waals surface area contributed by atoms with Gasteiger partial charge in [-0.15, -0.1) is 0 Å². The summed E-state index contributed by atoms with van der Waals surface area (Å²) in [6, 6.07) is 4.39. The Morgan fingerprint density at radius 3 is 2.08 bits per heavy atom. The monoisotopic (exact) mass is 323 g/mol. The summed E-state index contributed by atoms with van der Waals surface area (Å²) in [6.45, 7) is 0. The molecule has 0 amide bonds. The lowest BCUT2D eigenvalue weighted by Gasteiger charge is -2.15. The molecule has 1 fully saturated rings. The highest BCUT2D eigenvalue weighted by molar-refractivity contribution is 9.12. The SMILES string of the molecule is Brc1ccc(Br)[s+]1C1CCCCC1. The number of hydrogen-bond acceptors (Lipinski definition) is 0. The molecule has 1 heterocycles. The molecular formula is C10H13Br2S+. The second-order valence-corrected chi connectivity index (χ2v) is 8.52. The van der Waals surface area contributed by atoms with Crippen molar-refractivity contribution in [3.05, 3.63) is 19.7 Å². The van der Waals surface area contributed by atoms with E-state index in [1.165, 1.54) is 39.7 Å². The molecule has 1 aromatic rings. The van der Waals surface area contributed by atoms with Gasteiger partial charge >= 0.3 is 0 Å². The molecule has 0 atom stereocenters. The van der Waals surface area contributed by atoms with Gasteiger partial charge in [0.2, 0.25) is 7.57 Å². The van der Waals surface area contributed by atoms with E-state index in [-0.39, 0.29) is 0 Å². The van der Waals surface area contributed by atoms with Crippen LogP contribution in [0, 0.1) is 0 Å². The second kappa shape index (κ2) is 4.45. The average molecular weight is 325 g/mol. The van der Waals surface area contributed by atoms with Gasteiger partial charge in [0.25, 0.3) is 0 Å². The summed E-state index contributed by atoms with van der Waals surface area (Å²) in [6.07, 6.45) is 7.11. The molecule has 1 aliphatic carbocycles. The molecule has 0 aliphatic heterocycles. The van der Waals surface area contributed by atoms with E-state index in [0.717, 1.165) is 5.25 Å². The first-order valence-electron chi connectivity index (χ1n) is 4.75. The van der Waals surface area contributed by atoms with E-state index >= 15 is 0 Å². The maximum Gasteiger partial charge on any atom is 0.216 e. The Balaban J connectivity index is 2.22. The Morgan fingerprint density at radius 1 is 1.00 bits per heavy atom. The molecular weight excluding hydrogens is 312 g/mol. The molecule has 72 valence electrons. The van der Waals surface area contributed by atoms with E-state index < -0.39 is 0 Å². The van der Waals surface area contributed by atoms with E-state index in [0.29, 0.717) is 10.5 Å². The lowest BCUT2D eigenvalue weighted by atomic mass is 10.0. The van der Waals surface area contributed by atoms with Crippen LogP contribution in [0.5, 0.6) is 0 Å². The number of halogens is 2. The third-order valence-corrected chi connectivity index (χ3v) is 7.52. The summed E-state index contributed by atoms with van der Waals surface area (Å²) in [4.78, 5) is 0. The maximum absolute atomic E-state index is 3.67. The van der Waals surface area contributed by atoms with Gasteiger partial charge in [0.1, 0.15) is 5.25 Å². The van der Waals surface area contributed by atoms with Crippen molar-refractivity contribution >= 4 is 42.3 Å². The quantitative estimate of drug-likeness (QED) is 0.601. The van der Waals surface area contributed by atoms with Crippen LogP contribution in [0.4, 0.5) is 0 Å². The summed E-state index contributed by atoms with van der Waals surface area (Å²) in [5.41, 5.74) is 0. The van der Waals surface area contributed by atoms with E-state index in [2.05, 4.69) is 44.0 Å². The second-order valence-electron chi connectivity index (χ2n) is 3.54. The molecule has 0 aromatic carbocycles. The van der Waals surface area contributed by atoms with E-state index in [1.807, 2.05) is 0 Å². The Hall–Kier alpha value is 0.660. The Labute approximate surface area is 99.0 Å². The van der Waals surface area contributed by atoms with Crippen molar-refractivity contribution < 1.29 is 0 Å². The molecule has 0 unspecified atom stereocenters. The van der Waals surface area contributed by atoms with Crippen LogP contribution in [-0.4, -0.2) is 0 Å². The lowest BCUT2D eigenvalue weighted by molar-refractivity contribution is 0.487. The highest BCUT2D eigenvalue weighted by Gasteiger charge is 2.29. The Bertz CT molecular complexity index is 268. The minimum absolute atomic E-state index is 0.352. The van der Waals surface area contributed by atoms with Crippen LogP contribution in [0.15, 0.2) is 19.7 Å². The van der Waals surface area contributed by atoms with E-state index in [1.54, 1.807) is 0 Å². The molecule has 0 nitrogen and oxygen atoms in total. The molecule has 0 saturated heterocycles. The Kier molecular flexibility index (Phi) is 3.49. The highest BCUT2D eigenvalue weighted by atomic mass is 79.9. The molecule has 1 saturated carbocycles. The van der Waals surface area contributed by atoms with Crippen molar-refractivity contribution in [3.8, 4) is 0 Å². The van der Waals surface area contributed by atoms with Gasteiger partial charge in [0, 0.05) is 54.5 Å². The zero-order chi connectivity index (χ0) is 9.26. The molecule has 0 radical (unpaired) electrons. The first kappa shape index (κ1) is 10.2. The number of thiophene rings is 1. The maximum atomic E-state index is 3.67. The van der Waals surface area contributed by atoms with Gasteiger partial charge in [-0.25, -0.2) is 0 Å². The fraction of sp³-hybridized carbons (Fsp3) is 0.600. The Morgan fingerprint density at radius 2 is 1.54 bits per heavy atom. The molecule has 13 heavy (non-hydrogen) atoms. The minimum Gasteiger partial charge on any atom is -0.0529 e. The molecule has 2 rings (SSSR count). The fourth-order valence-electron chi connectivity index (χ4n) is 1.99. The van der Waals surface area contributed by atoms with Gasteiger partial charge in [-0.3, -0.25) is 0 Å². The van der Waals surface area contributed by atoms with Crippen LogP contribution in [0.25, 0.3) is 0 Å². The number of rotatable bonds is 1. The standard InChI is InChI=1S/C10H13Br2S/c11-9-6-7-10(12)13(9)8-4-2-1-3-5-8/h6-8H,1-5H2/q+1. The van der Waals surface area contributed by atoms with Gasteiger partial charge in [-0.2, -0.15) is 0 Å². The summed E-state index contributed by atoms with van der Waals surface area (Å²) in [7, 11) is 0.352. The third kappa shape index (κ3) is 2.18. The van der Waals surface area contributed by atoms with Gasteiger partial charge in [0.05, 0.1) is 0 Å². The van der Waals surface area contributed by atoms with Crippen LogP contribution in [-0.2, 0) is 0 Å². The molecule has 0 spiro atoms. The zero-order valence-corrected chi connectivity index (χ0v) is 11.4. The highest BCUT2D eigenvalue weighted by Crippen LogP contribution is 2.51. The van der Waals surface area contributed by atoms with Crippen molar-refractivity contribution in [1.29, 1.82) is 0 Å². The van der Waals surface area contributed by atoms with Crippen molar-refractivity contribution in [2.75, 3.05) is 0 Å². The van der Waals surface area contributed by atoms with Gasteiger partial charge < -0.3 is 0 Å². The van der Waals surface area contributed by atoms with Gasteiger partial charge in [-0.1, -0.05) is 6.42 Å². The van der Waals surface area contributed by atoms with Crippen molar-refractivity contribution in [2.24, 2.45) is 0 Å². The molecule has 1 aliphatic rings. The number of hydrogen-bond donors (Lipinski definition) is 0. The largest absolute Gasteiger partial charge is 0.216 e. The normalized spacial score (nSPS) is 19.2. The molecule has 1 aromatic heterocycles. The summed E-state index contributed by atoms with van der Waals surface area (Å²) in [5.74, 6) is 0. The van der Waals surface area contributed by atoms with Crippen molar-refractivity contribution in [3.63, 3.8) is 0 Å². The van der Waals surface area contributed by atoms with E-state index in [4.69, 9.17) is 0 Å². The molecule has 0 bridgehead atoms. The van der Waals surface area contributed by atoms with Crippen LogP contribution in [0.3, 0.4) is 0 Å². The van der Waals surface area contributed by atoms with Crippen molar-refractivity contribution in [2.45, 2.75) is 37.4 Å². The molecule has 0 N–H and O–H groups in total. The van der Waals surface area contributed by atoms with Crippen LogP contribution in [0.2, 0.25) is 0 Å². The first-order chi connectivity index (χ1) is 6.29. The third-order valence-electron chi connectivity index (χ3n) is 2.65. The summed E-state index contributed by atoms with van der Waals surface area (Å²) in [5, 5.41) is 0.896. The first-order valence-corrected chi connectivity index (χ1v) is 7.62. The predicted octanol–water partition coefficient (Wildman–Crippen LogP) is 5.47. The van der Waals surface area contributed by atoms with Gasteiger partial charge in [-0.05, 0) is 25.7 Å². The van der Waals surface area contributed by atoms with Crippen molar-refractivity contribution in [1.82, 2.24) is 0 Å². The summed E-state index contributed by atoms with van der Waals surface area (Å²) >= 11 is 7.34. The van der Waals surface area contributed by atoms with Gasteiger partial charge in [0.15, 0.2) is 0 Å². The summed E-state index contributed by atoms with van der Waals surface area (Å²) < 4.78 is 2.79. The van der Waals surface area contributed by atoms with E-state index in [9.17, 15) is 0 Å². The lowest BCUT2D eigenvalue weighted by Crippen LogP contribution is -1.99. The van der Waals surface area contributed by atoms with Crippen LogP contribution >= 0.6 is 42.3 Å². The average Bonchev–Trinajstić information content (AvgIpc) is 2.48. The van der Waals surface area contributed by atoms with Crippen LogP contribution < -0.4 is 0 Å². The fourth-order valence-corrected chi connectivity index (χ4v) is 7.60. The predicted molar refractivity (Wildman–Crippen MR) is 66.4 cm³/mol.